The van der Waals surface area contributed by atoms with Crippen molar-refractivity contribution in [1.82, 2.24) is 4.98 Å². The molecule has 1 aromatic carbocycles. The summed E-state index contributed by atoms with van der Waals surface area (Å²) < 4.78 is 109. The third kappa shape index (κ3) is 6.12. The second-order valence-electron chi connectivity index (χ2n) is 5.87. The fraction of sp³-hybridized carbons (Fsp3) is 0.353. The summed E-state index contributed by atoms with van der Waals surface area (Å²) in [6.07, 6.45) is -11.0. The molecule has 0 spiro atoms. The van der Waals surface area contributed by atoms with Gasteiger partial charge in [0.05, 0.1) is 30.5 Å². The minimum Gasteiger partial charge on any atom is -0.466 e. The van der Waals surface area contributed by atoms with Gasteiger partial charge in [0.2, 0.25) is 5.13 Å². The lowest BCUT2D eigenvalue weighted by Crippen LogP contribution is -2.35. The number of thiazole rings is 1. The third-order valence-corrected chi connectivity index (χ3v) is 4.40. The number of rotatable bonds is 7. The molecule has 0 fully saturated rings. The van der Waals surface area contributed by atoms with Gasteiger partial charge in [0.1, 0.15) is 0 Å². The van der Waals surface area contributed by atoms with Crippen molar-refractivity contribution in [1.29, 1.82) is 0 Å². The number of alkyl halides is 8. The molecular weight excluding hydrogens is 462 g/mol. The molecule has 0 aliphatic rings. The summed E-state index contributed by atoms with van der Waals surface area (Å²) >= 11 is 1.00. The molecule has 0 unspecified atom stereocenters. The Kier molecular flexibility index (Phi) is 7.24. The van der Waals surface area contributed by atoms with Crippen molar-refractivity contribution < 1.29 is 44.7 Å². The van der Waals surface area contributed by atoms with E-state index in [1.807, 2.05) is 0 Å². The molecule has 5 nitrogen and oxygen atoms in total. The lowest BCUT2D eigenvalue weighted by molar-refractivity contribution is -0.291. The number of anilines is 1. The normalized spacial score (nSPS) is 12.9. The number of carbonyl (C=O) groups is 1. The van der Waals surface area contributed by atoms with Crippen LogP contribution in [0.5, 0.6) is 0 Å². The van der Waals surface area contributed by atoms with Crippen LogP contribution in [-0.2, 0) is 28.1 Å². The van der Waals surface area contributed by atoms with E-state index in [0.29, 0.717) is 11.8 Å². The molecule has 0 aliphatic heterocycles. The second kappa shape index (κ2) is 9.16. The molecule has 0 atom stereocenters. The topological polar surface area (TPSA) is 63.6 Å². The quantitative estimate of drug-likeness (QED) is 0.253. The summed E-state index contributed by atoms with van der Waals surface area (Å²) in [5, 5.41) is 5.20. The van der Waals surface area contributed by atoms with Gasteiger partial charge in [-0.05, 0) is 24.6 Å². The largest absolute Gasteiger partial charge is 0.466 e. The van der Waals surface area contributed by atoms with Gasteiger partial charge >= 0.3 is 24.2 Å². The number of nitrogens with one attached hydrogen (secondary N) is 1. The molecule has 0 bridgehead atoms. The van der Waals surface area contributed by atoms with E-state index < -0.39 is 40.9 Å². The summed E-state index contributed by atoms with van der Waals surface area (Å²) in [7, 11) is 0. The van der Waals surface area contributed by atoms with E-state index in [-0.39, 0.29) is 30.3 Å². The van der Waals surface area contributed by atoms with E-state index in [1.54, 1.807) is 6.92 Å². The predicted molar refractivity (Wildman–Crippen MR) is 95.1 cm³/mol. The number of aromatic nitrogens is 1. The molecule has 170 valence electrons. The van der Waals surface area contributed by atoms with Crippen LogP contribution >= 0.6 is 11.3 Å². The van der Waals surface area contributed by atoms with E-state index in [0.717, 1.165) is 17.6 Å². The Balaban J connectivity index is 2.23. The van der Waals surface area contributed by atoms with Crippen molar-refractivity contribution in [2.75, 3.05) is 12.0 Å². The minimum absolute atomic E-state index is 0.0650. The zero-order valence-electron chi connectivity index (χ0n) is 15.4. The van der Waals surface area contributed by atoms with Crippen LogP contribution in [0.25, 0.3) is 0 Å². The Morgan fingerprint density at radius 1 is 1.16 bits per heavy atom. The standard InChI is InChI=1S/C17H13F8N3O2S/c1-2-30-13(29)6-10-8-31-14(27-10)28-26-7-9-3-4-11(16(20,21)22)12(5-9)15(18,19)17(23,24)25/h3-5,7-8H,2,6H2,1H3,(H,27,28). The van der Waals surface area contributed by atoms with E-state index in [4.69, 9.17) is 4.74 Å². The average molecular weight is 475 g/mol. The first-order valence-corrected chi connectivity index (χ1v) is 9.19. The first-order valence-electron chi connectivity index (χ1n) is 8.31. The van der Waals surface area contributed by atoms with Crippen LogP contribution in [0.3, 0.4) is 0 Å². The molecule has 0 saturated carbocycles. The molecule has 2 rings (SSSR count). The maximum Gasteiger partial charge on any atom is 0.458 e. The molecule has 0 amide bonds. The molecule has 1 aromatic heterocycles. The monoisotopic (exact) mass is 475 g/mol. The van der Waals surface area contributed by atoms with Gasteiger partial charge in [-0.3, -0.25) is 10.2 Å². The Morgan fingerprint density at radius 2 is 1.84 bits per heavy atom. The van der Waals surface area contributed by atoms with Crippen LogP contribution in [-0.4, -0.2) is 30.0 Å². The number of hydrazone groups is 1. The summed E-state index contributed by atoms with van der Waals surface area (Å²) in [4.78, 5) is 15.3. The smallest absolute Gasteiger partial charge is 0.458 e. The fourth-order valence-electron chi connectivity index (χ4n) is 2.26. The van der Waals surface area contributed by atoms with E-state index in [9.17, 15) is 39.9 Å². The first-order chi connectivity index (χ1) is 14.3. The summed E-state index contributed by atoms with van der Waals surface area (Å²) in [6.45, 7) is 1.80. The lowest BCUT2D eigenvalue weighted by Gasteiger charge is -2.23. The number of nitrogens with zero attached hydrogens (tertiary/aromatic N) is 2. The van der Waals surface area contributed by atoms with Gasteiger partial charge < -0.3 is 4.74 Å². The number of hydrogen-bond acceptors (Lipinski definition) is 6. The lowest BCUT2D eigenvalue weighted by atomic mass is 9.98. The average Bonchev–Trinajstić information content (AvgIpc) is 3.07. The molecule has 0 saturated heterocycles. The van der Waals surface area contributed by atoms with Crippen molar-refractivity contribution in [3.05, 3.63) is 46.0 Å². The molecule has 2 aromatic rings. The zero-order chi connectivity index (χ0) is 23.4. The maximum absolute atomic E-state index is 13.7. The van der Waals surface area contributed by atoms with Crippen molar-refractivity contribution in [2.24, 2.45) is 5.10 Å². The minimum atomic E-state index is -6.22. The van der Waals surface area contributed by atoms with Crippen molar-refractivity contribution >= 4 is 28.7 Å². The van der Waals surface area contributed by atoms with E-state index in [2.05, 4.69) is 15.5 Å². The van der Waals surface area contributed by atoms with Crippen molar-refractivity contribution in [3.63, 3.8) is 0 Å². The number of ether oxygens (including phenoxy) is 1. The van der Waals surface area contributed by atoms with Crippen LogP contribution in [0.4, 0.5) is 40.3 Å². The number of benzene rings is 1. The van der Waals surface area contributed by atoms with Gasteiger partial charge in [-0.1, -0.05) is 6.07 Å². The fourth-order valence-corrected chi connectivity index (χ4v) is 2.92. The van der Waals surface area contributed by atoms with Gasteiger partial charge in [0, 0.05) is 10.9 Å². The van der Waals surface area contributed by atoms with Gasteiger partial charge in [-0.2, -0.15) is 40.2 Å². The first kappa shape index (κ1) is 24.5. The van der Waals surface area contributed by atoms with Crippen LogP contribution in [0.2, 0.25) is 0 Å². The highest BCUT2D eigenvalue weighted by Gasteiger charge is 2.61. The Hall–Kier alpha value is -2.77. The summed E-state index contributed by atoms with van der Waals surface area (Å²) in [5.41, 5.74) is -2.10. The number of hydrogen-bond donors (Lipinski definition) is 1. The molecule has 0 radical (unpaired) electrons. The van der Waals surface area contributed by atoms with Crippen molar-refractivity contribution in [2.45, 2.75) is 31.6 Å². The zero-order valence-corrected chi connectivity index (χ0v) is 16.3. The Morgan fingerprint density at radius 3 is 2.42 bits per heavy atom. The highest BCUT2D eigenvalue weighted by molar-refractivity contribution is 7.13. The van der Waals surface area contributed by atoms with Crippen LogP contribution in [0, 0.1) is 0 Å². The van der Waals surface area contributed by atoms with E-state index in [1.165, 1.54) is 5.38 Å². The van der Waals surface area contributed by atoms with Crippen LogP contribution < -0.4 is 5.43 Å². The highest BCUT2D eigenvalue weighted by Crippen LogP contribution is 2.48. The number of halogens is 8. The van der Waals surface area contributed by atoms with E-state index >= 15 is 0 Å². The Labute approximate surface area is 173 Å². The Bertz CT molecular complexity index is 954. The summed E-state index contributed by atoms with van der Waals surface area (Å²) in [5.74, 6) is -6.25. The molecule has 1 heterocycles. The van der Waals surface area contributed by atoms with Crippen LogP contribution in [0.1, 0.15) is 29.3 Å². The summed E-state index contributed by atoms with van der Waals surface area (Å²) in [6, 6.07) is 0.880. The second-order valence-corrected chi connectivity index (χ2v) is 6.73. The van der Waals surface area contributed by atoms with Crippen molar-refractivity contribution in [3.8, 4) is 0 Å². The highest BCUT2D eigenvalue weighted by atomic mass is 32.1. The molecular formula is C17H13F8N3O2S. The maximum atomic E-state index is 13.7. The third-order valence-electron chi connectivity index (χ3n) is 3.60. The molecule has 0 aliphatic carbocycles. The van der Waals surface area contributed by atoms with Gasteiger partial charge in [-0.25, -0.2) is 4.98 Å². The predicted octanol–water partition coefficient (Wildman–Crippen LogP) is 5.37. The molecule has 31 heavy (non-hydrogen) atoms. The van der Waals surface area contributed by atoms with Gasteiger partial charge in [0.15, 0.2) is 0 Å². The number of carbonyl (C=O) groups excluding carboxylic acids is 1. The molecule has 1 N–H and O–H groups in total. The van der Waals surface area contributed by atoms with Gasteiger partial charge in [0.25, 0.3) is 0 Å². The van der Waals surface area contributed by atoms with Gasteiger partial charge in [-0.15, -0.1) is 11.3 Å². The SMILES string of the molecule is CCOC(=O)Cc1csc(NN=Cc2ccc(C(F)(F)F)c(C(F)(F)C(F)(F)F)c2)n1. The van der Waals surface area contributed by atoms with Crippen LogP contribution in [0.15, 0.2) is 28.7 Å². The molecule has 14 heteroatoms. The number of esters is 1.